The Kier molecular flexibility index (Phi) is 3.24. The molecule has 3 nitrogen and oxygen atoms in total. The van der Waals surface area contributed by atoms with Gasteiger partial charge in [0.2, 0.25) is 0 Å². The van der Waals surface area contributed by atoms with E-state index in [4.69, 9.17) is 10.4 Å². The highest BCUT2D eigenvalue weighted by atomic mass is 16.3. The van der Waals surface area contributed by atoms with E-state index in [1.165, 1.54) is 0 Å². The van der Waals surface area contributed by atoms with Gasteiger partial charge in [0.15, 0.2) is 0 Å². The molecule has 0 bridgehead atoms. The first-order chi connectivity index (χ1) is 5.83. The minimum absolute atomic E-state index is 0.452. The highest BCUT2D eigenvalue weighted by Gasteiger charge is 2.01. The van der Waals surface area contributed by atoms with Crippen LogP contribution in [0.5, 0.6) is 0 Å². The van der Waals surface area contributed by atoms with Crippen LogP contribution in [-0.2, 0) is 6.42 Å². The van der Waals surface area contributed by atoms with Gasteiger partial charge in [-0.25, -0.2) is 0 Å². The van der Waals surface area contributed by atoms with Crippen LogP contribution in [0.2, 0.25) is 0 Å². The molecule has 1 unspecified atom stereocenters. The van der Waals surface area contributed by atoms with E-state index in [0.717, 1.165) is 5.69 Å². The van der Waals surface area contributed by atoms with Gasteiger partial charge in [-0.3, -0.25) is 4.98 Å². The molecule has 12 heavy (non-hydrogen) atoms. The standard InChI is InChI=1S/C9H10N2O/c10-7-9(12)5-4-8-3-1-2-6-11-8/h1-3,6,9,12H,4-5H2. The van der Waals surface area contributed by atoms with Crippen molar-refractivity contribution in [3.8, 4) is 6.07 Å². The Morgan fingerprint density at radius 1 is 1.58 bits per heavy atom. The molecule has 0 aliphatic carbocycles. The van der Waals surface area contributed by atoms with E-state index < -0.39 is 6.10 Å². The molecule has 0 radical (unpaired) electrons. The summed E-state index contributed by atoms with van der Waals surface area (Å²) >= 11 is 0. The van der Waals surface area contributed by atoms with Gasteiger partial charge in [-0.15, -0.1) is 0 Å². The number of nitrogens with zero attached hydrogens (tertiary/aromatic N) is 2. The maximum atomic E-state index is 8.93. The minimum atomic E-state index is -0.869. The van der Waals surface area contributed by atoms with E-state index in [-0.39, 0.29) is 0 Å². The molecule has 0 saturated heterocycles. The van der Waals surface area contributed by atoms with E-state index in [9.17, 15) is 0 Å². The van der Waals surface area contributed by atoms with Crippen molar-refractivity contribution in [2.24, 2.45) is 0 Å². The molecule has 0 amide bonds. The lowest BCUT2D eigenvalue weighted by Gasteiger charge is -2.00. The van der Waals surface area contributed by atoms with Crippen molar-refractivity contribution in [1.29, 1.82) is 5.26 Å². The molecule has 0 aromatic carbocycles. The molecule has 0 aliphatic rings. The topological polar surface area (TPSA) is 56.9 Å². The van der Waals surface area contributed by atoms with Crippen LogP contribution in [0.1, 0.15) is 12.1 Å². The number of nitriles is 1. The molecule has 3 heteroatoms. The van der Waals surface area contributed by atoms with Crippen LogP contribution in [0.25, 0.3) is 0 Å². The summed E-state index contributed by atoms with van der Waals surface area (Å²) in [6, 6.07) is 7.37. The number of aliphatic hydroxyl groups excluding tert-OH is 1. The normalized spacial score (nSPS) is 12.0. The Morgan fingerprint density at radius 3 is 3.00 bits per heavy atom. The highest BCUT2D eigenvalue weighted by Crippen LogP contribution is 2.00. The summed E-state index contributed by atoms with van der Waals surface area (Å²) in [5.74, 6) is 0. The maximum Gasteiger partial charge on any atom is 0.140 e. The SMILES string of the molecule is N#CC(O)CCc1ccccn1. The van der Waals surface area contributed by atoms with Gasteiger partial charge < -0.3 is 5.11 Å². The van der Waals surface area contributed by atoms with E-state index in [1.54, 1.807) is 12.3 Å². The zero-order valence-corrected chi connectivity index (χ0v) is 6.64. The monoisotopic (exact) mass is 162 g/mol. The lowest BCUT2D eigenvalue weighted by atomic mass is 10.1. The third-order valence-corrected chi connectivity index (χ3v) is 1.55. The number of hydrogen-bond acceptors (Lipinski definition) is 3. The first-order valence-corrected chi connectivity index (χ1v) is 3.80. The van der Waals surface area contributed by atoms with Crippen LogP contribution >= 0.6 is 0 Å². The number of aryl methyl sites for hydroxylation is 1. The summed E-state index contributed by atoms with van der Waals surface area (Å²) in [4.78, 5) is 4.06. The van der Waals surface area contributed by atoms with Gasteiger partial charge in [-0.1, -0.05) is 6.07 Å². The molecule has 1 heterocycles. The van der Waals surface area contributed by atoms with Crippen molar-refractivity contribution >= 4 is 0 Å². The van der Waals surface area contributed by atoms with Gasteiger partial charge in [0, 0.05) is 11.9 Å². The van der Waals surface area contributed by atoms with Crippen molar-refractivity contribution in [1.82, 2.24) is 4.98 Å². The molecule has 62 valence electrons. The maximum absolute atomic E-state index is 8.93. The Hall–Kier alpha value is -1.40. The minimum Gasteiger partial charge on any atom is -0.378 e. The quantitative estimate of drug-likeness (QED) is 0.672. The Labute approximate surface area is 71.3 Å². The summed E-state index contributed by atoms with van der Waals surface area (Å²) in [7, 11) is 0. The second-order valence-electron chi connectivity index (χ2n) is 2.50. The molecule has 0 saturated carbocycles. The highest BCUT2D eigenvalue weighted by molar-refractivity contribution is 5.04. The summed E-state index contributed by atoms with van der Waals surface area (Å²) in [6.45, 7) is 0. The third kappa shape index (κ3) is 2.69. The van der Waals surface area contributed by atoms with Gasteiger partial charge in [-0.05, 0) is 25.0 Å². The molecular formula is C9H10N2O. The van der Waals surface area contributed by atoms with Crippen molar-refractivity contribution < 1.29 is 5.11 Å². The van der Waals surface area contributed by atoms with Crippen molar-refractivity contribution in [3.63, 3.8) is 0 Å². The van der Waals surface area contributed by atoms with Crippen molar-refractivity contribution in [2.75, 3.05) is 0 Å². The Morgan fingerprint density at radius 2 is 2.42 bits per heavy atom. The largest absolute Gasteiger partial charge is 0.378 e. The fourth-order valence-corrected chi connectivity index (χ4v) is 0.895. The molecule has 1 rings (SSSR count). The Balaban J connectivity index is 2.40. The third-order valence-electron chi connectivity index (χ3n) is 1.55. The fourth-order valence-electron chi connectivity index (χ4n) is 0.895. The molecule has 1 aromatic rings. The molecule has 1 atom stereocenters. The zero-order valence-electron chi connectivity index (χ0n) is 6.64. The summed E-state index contributed by atoms with van der Waals surface area (Å²) < 4.78 is 0. The zero-order chi connectivity index (χ0) is 8.81. The van der Waals surface area contributed by atoms with E-state index in [0.29, 0.717) is 12.8 Å². The average Bonchev–Trinajstić information content (AvgIpc) is 2.16. The van der Waals surface area contributed by atoms with Crippen LogP contribution in [0.3, 0.4) is 0 Å². The summed E-state index contributed by atoms with van der Waals surface area (Å²) in [5.41, 5.74) is 0.909. The molecular weight excluding hydrogens is 152 g/mol. The van der Waals surface area contributed by atoms with E-state index in [1.807, 2.05) is 18.2 Å². The fraction of sp³-hybridized carbons (Fsp3) is 0.333. The van der Waals surface area contributed by atoms with Crippen LogP contribution in [0.4, 0.5) is 0 Å². The predicted octanol–water partition coefficient (Wildman–Crippen LogP) is 0.899. The van der Waals surface area contributed by atoms with Gasteiger partial charge in [0.05, 0.1) is 6.07 Å². The van der Waals surface area contributed by atoms with Crippen LogP contribution in [0, 0.1) is 11.3 Å². The summed E-state index contributed by atoms with van der Waals surface area (Å²) in [5, 5.41) is 17.2. The van der Waals surface area contributed by atoms with E-state index in [2.05, 4.69) is 4.98 Å². The first-order valence-electron chi connectivity index (χ1n) is 3.80. The predicted molar refractivity (Wildman–Crippen MR) is 44.2 cm³/mol. The Bertz CT molecular complexity index is 266. The molecule has 0 fully saturated rings. The molecule has 1 N–H and O–H groups in total. The van der Waals surface area contributed by atoms with Crippen LogP contribution in [-0.4, -0.2) is 16.2 Å². The van der Waals surface area contributed by atoms with Gasteiger partial charge in [-0.2, -0.15) is 5.26 Å². The van der Waals surface area contributed by atoms with Gasteiger partial charge in [0.25, 0.3) is 0 Å². The number of aromatic nitrogens is 1. The first kappa shape index (κ1) is 8.69. The number of aliphatic hydroxyl groups is 1. The number of hydrogen-bond donors (Lipinski definition) is 1. The lowest BCUT2D eigenvalue weighted by Crippen LogP contribution is -2.04. The average molecular weight is 162 g/mol. The van der Waals surface area contributed by atoms with Crippen molar-refractivity contribution in [3.05, 3.63) is 30.1 Å². The number of pyridine rings is 1. The summed E-state index contributed by atoms with van der Waals surface area (Å²) in [6.07, 6.45) is 1.93. The van der Waals surface area contributed by atoms with Crippen molar-refractivity contribution in [2.45, 2.75) is 18.9 Å². The molecule has 1 aromatic heterocycles. The molecule has 0 aliphatic heterocycles. The van der Waals surface area contributed by atoms with E-state index >= 15 is 0 Å². The second-order valence-corrected chi connectivity index (χ2v) is 2.50. The molecule has 0 spiro atoms. The van der Waals surface area contributed by atoms with Gasteiger partial charge in [0.1, 0.15) is 6.10 Å². The second kappa shape index (κ2) is 4.47. The van der Waals surface area contributed by atoms with Gasteiger partial charge >= 0.3 is 0 Å². The number of rotatable bonds is 3. The van der Waals surface area contributed by atoms with Crippen LogP contribution < -0.4 is 0 Å². The smallest absolute Gasteiger partial charge is 0.140 e. The van der Waals surface area contributed by atoms with Crippen LogP contribution in [0.15, 0.2) is 24.4 Å². The lowest BCUT2D eigenvalue weighted by molar-refractivity contribution is 0.219.